The molecule has 0 aromatic rings. The number of nitriles is 1. The number of amides is 1. The van der Waals surface area contributed by atoms with Gasteiger partial charge in [-0.25, -0.2) is 0 Å². The van der Waals surface area contributed by atoms with Gasteiger partial charge in [-0.15, -0.1) is 0 Å². The van der Waals surface area contributed by atoms with E-state index in [1.54, 1.807) is 6.20 Å². The quantitative estimate of drug-likeness (QED) is 0.509. The molecule has 0 spiro atoms. The van der Waals surface area contributed by atoms with Crippen molar-refractivity contribution >= 4 is 5.91 Å². The first-order chi connectivity index (χ1) is 9.22. The zero-order valence-corrected chi connectivity index (χ0v) is 11.1. The number of nitrogens with zero attached hydrogens (tertiary/aromatic N) is 3. The Kier molecular flexibility index (Phi) is 6.93. The lowest BCUT2D eigenvalue weighted by Crippen LogP contribution is -2.37. The molecule has 0 aliphatic carbocycles. The van der Waals surface area contributed by atoms with Crippen LogP contribution in [0, 0.1) is 11.3 Å². The summed E-state index contributed by atoms with van der Waals surface area (Å²) in [5.41, 5.74) is 0.0591. The number of carbonyl (C=O) groups is 1. The van der Waals surface area contributed by atoms with E-state index < -0.39 is 5.91 Å². The van der Waals surface area contributed by atoms with Gasteiger partial charge in [0, 0.05) is 32.4 Å². The molecule has 0 radical (unpaired) electrons. The molecule has 0 aromatic carbocycles. The molecule has 1 aliphatic rings. The molecule has 6 nitrogen and oxygen atoms in total. The van der Waals surface area contributed by atoms with E-state index in [2.05, 4.69) is 0 Å². The summed E-state index contributed by atoms with van der Waals surface area (Å²) in [5.74, 6) is -0.434. The molecule has 1 heterocycles. The Labute approximate surface area is 113 Å². The number of likely N-dealkylation sites (tertiary alicyclic amines) is 1. The van der Waals surface area contributed by atoms with Gasteiger partial charge in [0.1, 0.15) is 11.6 Å². The summed E-state index contributed by atoms with van der Waals surface area (Å²) >= 11 is 0. The minimum Gasteiger partial charge on any atom is -0.395 e. The van der Waals surface area contributed by atoms with Crippen molar-refractivity contribution in [1.82, 2.24) is 9.80 Å². The predicted octanol–water partition coefficient (Wildman–Crippen LogP) is -0.307. The van der Waals surface area contributed by atoms with Gasteiger partial charge in [-0.3, -0.25) is 4.79 Å². The van der Waals surface area contributed by atoms with Crippen LogP contribution in [0.15, 0.2) is 11.8 Å². The zero-order valence-electron chi connectivity index (χ0n) is 11.1. The second-order valence-corrected chi connectivity index (χ2v) is 4.49. The van der Waals surface area contributed by atoms with Gasteiger partial charge in [0.25, 0.3) is 5.91 Å². The van der Waals surface area contributed by atoms with E-state index >= 15 is 0 Å². The summed E-state index contributed by atoms with van der Waals surface area (Å²) in [6, 6.07) is 1.91. The molecule has 1 fully saturated rings. The monoisotopic (exact) mass is 267 g/mol. The molecular formula is C13H21N3O3. The topological polar surface area (TPSA) is 87.8 Å². The SMILES string of the molecule is N#C/C(=C/N1CCCCC1)C(=O)N(CCO)CCO. The lowest BCUT2D eigenvalue weighted by Gasteiger charge is -2.26. The van der Waals surface area contributed by atoms with Crippen LogP contribution < -0.4 is 0 Å². The molecule has 1 rings (SSSR count). The molecule has 0 unspecified atom stereocenters. The summed E-state index contributed by atoms with van der Waals surface area (Å²) in [6.07, 6.45) is 4.92. The number of carbonyl (C=O) groups excluding carboxylic acids is 1. The first-order valence-corrected chi connectivity index (χ1v) is 6.60. The molecule has 0 atom stereocenters. The van der Waals surface area contributed by atoms with Gasteiger partial charge in [-0.2, -0.15) is 5.26 Å². The molecule has 6 heteroatoms. The molecule has 0 aromatic heterocycles. The van der Waals surface area contributed by atoms with Crippen LogP contribution in [0.3, 0.4) is 0 Å². The van der Waals surface area contributed by atoms with Crippen LogP contribution in [0.4, 0.5) is 0 Å². The van der Waals surface area contributed by atoms with Crippen molar-refractivity contribution in [2.75, 3.05) is 39.4 Å². The maximum Gasteiger partial charge on any atom is 0.266 e. The van der Waals surface area contributed by atoms with Gasteiger partial charge in [0.2, 0.25) is 0 Å². The number of aliphatic hydroxyl groups excluding tert-OH is 2. The Bertz CT molecular complexity index is 351. The molecule has 1 saturated heterocycles. The number of aliphatic hydroxyl groups is 2. The van der Waals surface area contributed by atoms with Gasteiger partial charge in [0.15, 0.2) is 0 Å². The van der Waals surface area contributed by atoms with Crippen molar-refractivity contribution in [2.45, 2.75) is 19.3 Å². The van der Waals surface area contributed by atoms with E-state index in [9.17, 15) is 4.79 Å². The molecule has 0 bridgehead atoms. The third kappa shape index (κ3) is 4.89. The third-order valence-corrected chi connectivity index (χ3v) is 3.08. The summed E-state index contributed by atoms with van der Waals surface area (Å²) in [7, 11) is 0. The summed E-state index contributed by atoms with van der Waals surface area (Å²) < 4.78 is 0. The van der Waals surface area contributed by atoms with Crippen LogP contribution in [-0.4, -0.2) is 65.3 Å². The van der Waals surface area contributed by atoms with Crippen LogP contribution in [0.25, 0.3) is 0 Å². The van der Waals surface area contributed by atoms with Crippen molar-refractivity contribution < 1.29 is 15.0 Å². The van der Waals surface area contributed by atoms with Crippen LogP contribution in [-0.2, 0) is 4.79 Å². The fourth-order valence-corrected chi connectivity index (χ4v) is 2.09. The highest BCUT2D eigenvalue weighted by molar-refractivity contribution is 5.97. The van der Waals surface area contributed by atoms with Gasteiger partial charge in [0.05, 0.1) is 13.2 Å². The maximum absolute atomic E-state index is 12.1. The fraction of sp³-hybridized carbons (Fsp3) is 0.692. The van der Waals surface area contributed by atoms with E-state index in [0.29, 0.717) is 0 Å². The third-order valence-electron chi connectivity index (χ3n) is 3.08. The number of piperidine rings is 1. The number of hydrogen-bond acceptors (Lipinski definition) is 5. The highest BCUT2D eigenvalue weighted by atomic mass is 16.3. The van der Waals surface area contributed by atoms with Crippen LogP contribution in [0.1, 0.15) is 19.3 Å². The Balaban J connectivity index is 2.73. The number of rotatable bonds is 6. The minimum absolute atomic E-state index is 0.0591. The average Bonchev–Trinajstić information content (AvgIpc) is 2.45. The average molecular weight is 267 g/mol. The normalized spacial score (nSPS) is 16.1. The predicted molar refractivity (Wildman–Crippen MR) is 69.9 cm³/mol. The lowest BCUT2D eigenvalue weighted by molar-refractivity contribution is -0.127. The standard InChI is InChI=1S/C13H21N3O3/c14-10-12(11-15-4-2-1-3-5-15)13(19)16(6-8-17)7-9-18/h11,17-18H,1-9H2/b12-11-. The van der Waals surface area contributed by atoms with Crippen LogP contribution in [0.2, 0.25) is 0 Å². The molecule has 19 heavy (non-hydrogen) atoms. The molecular weight excluding hydrogens is 246 g/mol. The van der Waals surface area contributed by atoms with E-state index in [1.807, 2.05) is 11.0 Å². The highest BCUT2D eigenvalue weighted by Crippen LogP contribution is 2.11. The van der Waals surface area contributed by atoms with Gasteiger partial charge in [-0.1, -0.05) is 0 Å². The van der Waals surface area contributed by atoms with Crippen molar-refractivity contribution in [1.29, 1.82) is 5.26 Å². The van der Waals surface area contributed by atoms with E-state index in [0.717, 1.165) is 25.9 Å². The molecule has 1 aliphatic heterocycles. The second kappa shape index (κ2) is 8.51. The number of hydrogen-bond donors (Lipinski definition) is 2. The molecule has 1 amide bonds. The highest BCUT2D eigenvalue weighted by Gasteiger charge is 2.19. The van der Waals surface area contributed by atoms with Gasteiger partial charge >= 0.3 is 0 Å². The summed E-state index contributed by atoms with van der Waals surface area (Å²) in [6.45, 7) is 1.59. The lowest BCUT2D eigenvalue weighted by atomic mass is 10.1. The van der Waals surface area contributed by atoms with E-state index in [-0.39, 0.29) is 31.9 Å². The van der Waals surface area contributed by atoms with Crippen molar-refractivity contribution in [2.24, 2.45) is 0 Å². The van der Waals surface area contributed by atoms with Gasteiger partial charge < -0.3 is 20.0 Å². The fourth-order valence-electron chi connectivity index (χ4n) is 2.09. The van der Waals surface area contributed by atoms with E-state index in [4.69, 9.17) is 15.5 Å². The molecule has 2 N–H and O–H groups in total. The summed E-state index contributed by atoms with van der Waals surface area (Å²) in [5, 5.41) is 26.9. The van der Waals surface area contributed by atoms with Crippen LogP contribution in [0.5, 0.6) is 0 Å². The molecule has 106 valence electrons. The largest absolute Gasteiger partial charge is 0.395 e. The Morgan fingerprint density at radius 2 is 1.79 bits per heavy atom. The van der Waals surface area contributed by atoms with Gasteiger partial charge in [-0.05, 0) is 19.3 Å². The maximum atomic E-state index is 12.1. The Hall–Kier alpha value is -1.58. The summed E-state index contributed by atoms with van der Waals surface area (Å²) in [4.78, 5) is 15.4. The van der Waals surface area contributed by atoms with Crippen molar-refractivity contribution in [3.05, 3.63) is 11.8 Å². The minimum atomic E-state index is -0.434. The van der Waals surface area contributed by atoms with Crippen molar-refractivity contribution in [3.8, 4) is 6.07 Å². The van der Waals surface area contributed by atoms with Crippen LogP contribution >= 0.6 is 0 Å². The van der Waals surface area contributed by atoms with E-state index in [1.165, 1.54) is 11.3 Å². The molecule has 0 saturated carbocycles. The first-order valence-electron chi connectivity index (χ1n) is 6.60. The Morgan fingerprint density at radius 3 is 2.26 bits per heavy atom. The zero-order chi connectivity index (χ0) is 14.1. The second-order valence-electron chi connectivity index (χ2n) is 4.49. The smallest absolute Gasteiger partial charge is 0.266 e. The Morgan fingerprint density at radius 1 is 1.21 bits per heavy atom. The van der Waals surface area contributed by atoms with Crippen molar-refractivity contribution in [3.63, 3.8) is 0 Å². The first kappa shape index (κ1) is 15.5.